The molecule has 0 unspecified atom stereocenters. The number of carbonyl (C=O) groups is 1. The molecule has 0 aromatic carbocycles. The number of nitrogens with one attached hydrogen (secondary N) is 1. The van der Waals surface area contributed by atoms with E-state index < -0.39 is 0 Å². The number of nitrogen functional groups attached to an aromatic ring is 1. The molecule has 3 N–H and O–H groups in total. The van der Waals surface area contributed by atoms with E-state index in [4.69, 9.17) is 5.73 Å². The number of rotatable bonds is 4. The Kier molecular flexibility index (Phi) is 4.05. The Morgan fingerprint density at radius 3 is 2.87 bits per heavy atom. The summed E-state index contributed by atoms with van der Waals surface area (Å²) in [5.74, 6) is 0.166. The number of aromatic nitrogens is 1. The summed E-state index contributed by atoms with van der Waals surface area (Å²) >= 11 is 0. The largest absolute Gasteiger partial charge is 0.384 e. The van der Waals surface area contributed by atoms with Crippen molar-refractivity contribution >= 4 is 11.7 Å². The first-order chi connectivity index (χ1) is 7.09. The number of likely N-dealkylation sites (N-methyl/N-ethyl adjacent to an activating group) is 1. The first kappa shape index (κ1) is 11.5. The molecule has 0 radical (unpaired) electrons. The Morgan fingerprint density at radius 1 is 1.53 bits per heavy atom. The molecule has 82 valence electrons. The highest BCUT2D eigenvalue weighted by Crippen LogP contribution is 1.99. The van der Waals surface area contributed by atoms with Crippen LogP contribution in [0.1, 0.15) is 10.5 Å². The van der Waals surface area contributed by atoms with Crippen LogP contribution in [0.15, 0.2) is 18.2 Å². The van der Waals surface area contributed by atoms with Crippen molar-refractivity contribution in [2.45, 2.75) is 0 Å². The molecule has 0 saturated carbocycles. The molecule has 0 aliphatic heterocycles. The molecular formula is C10H16N4O. The Labute approximate surface area is 89.3 Å². The van der Waals surface area contributed by atoms with Crippen molar-refractivity contribution in [3.63, 3.8) is 0 Å². The van der Waals surface area contributed by atoms with Gasteiger partial charge in [0.25, 0.3) is 5.91 Å². The third kappa shape index (κ3) is 3.95. The van der Waals surface area contributed by atoms with Crippen LogP contribution in [0, 0.1) is 0 Å². The van der Waals surface area contributed by atoms with Crippen molar-refractivity contribution in [1.29, 1.82) is 0 Å². The van der Waals surface area contributed by atoms with Crippen LogP contribution in [0.3, 0.4) is 0 Å². The SMILES string of the molecule is CN(C)CCNC(=O)c1cccc(N)n1. The standard InChI is InChI=1S/C10H16N4O/c1-14(2)7-6-12-10(15)8-4-3-5-9(11)13-8/h3-5H,6-7H2,1-2H3,(H2,11,13)(H,12,15). The van der Waals surface area contributed by atoms with E-state index in [2.05, 4.69) is 10.3 Å². The molecule has 15 heavy (non-hydrogen) atoms. The lowest BCUT2D eigenvalue weighted by molar-refractivity contribution is 0.0946. The smallest absolute Gasteiger partial charge is 0.270 e. The first-order valence-electron chi connectivity index (χ1n) is 4.75. The number of nitrogens with zero attached hydrogens (tertiary/aromatic N) is 2. The van der Waals surface area contributed by atoms with E-state index >= 15 is 0 Å². The molecule has 1 aromatic rings. The summed E-state index contributed by atoms with van der Waals surface area (Å²) < 4.78 is 0. The van der Waals surface area contributed by atoms with E-state index in [1.54, 1.807) is 18.2 Å². The van der Waals surface area contributed by atoms with Crippen LogP contribution in [0.2, 0.25) is 0 Å². The van der Waals surface area contributed by atoms with Gasteiger partial charge in [-0.2, -0.15) is 0 Å². The van der Waals surface area contributed by atoms with E-state index in [-0.39, 0.29) is 5.91 Å². The number of carbonyl (C=O) groups excluding carboxylic acids is 1. The van der Waals surface area contributed by atoms with Crippen LogP contribution in [0.5, 0.6) is 0 Å². The fraction of sp³-hybridized carbons (Fsp3) is 0.400. The van der Waals surface area contributed by atoms with Crippen LogP contribution in [0.4, 0.5) is 5.82 Å². The van der Waals surface area contributed by atoms with Crippen molar-refractivity contribution in [2.24, 2.45) is 0 Å². The zero-order valence-corrected chi connectivity index (χ0v) is 9.03. The van der Waals surface area contributed by atoms with Gasteiger partial charge in [-0.05, 0) is 26.2 Å². The van der Waals surface area contributed by atoms with Gasteiger partial charge in [0.15, 0.2) is 0 Å². The second-order valence-electron chi connectivity index (χ2n) is 3.51. The number of anilines is 1. The molecule has 1 rings (SSSR count). The molecule has 0 fully saturated rings. The maximum Gasteiger partial charge on any atom is 0.270 e. The molecule has 5 heteroatoms. The highest BCUT2D eigenvalue weighted by Gasteiger charge is 2.05. The second kappa shape index (κ2) is 5.31. The topological polar surface area (TPSA) is 71.2 Å². The minimum atomic E-state index is -0.191. The third-order valence-electron chi connectivity index (χ3n) is 1.85. The summed E-state index contributed by atoms with van der Waals surface area (Å²) in [4.78, 5) is 17.4. The van der Waals surface area contributed by atoms with E-state index in [0.29, 0.717) is 18.1 Å². The minimum Gasteiger partial charge on any atom is -0.384 e. The summed E-state index contributed by atoms with van der Waals surface area (Å²) in [6.45, 7) is 1.40. The highest BCUT2D eigenvalue weighted by molar-refractivity contribution is 5.92. The normalized spacial score (nSPS) is 10.3. The van der Waals surface area contributed by atoms with E-state index in [0.717, 1.165) is 6.54 Å². The molecule has 0 aliphatic rings. The molecule has 1 heterocycles. The van der Waals surface area contributed by atoms with Gasteiger partial charge in [0.05, 0.1) is 0 Å². The summed E-state index contributed by atoms with van der Waals surface area (Å²) in [5.41, 5.74) is 5.83. The second-order valence-corrected chi connectivity index (χ2v) is 3.51. The van der Waals surface area contributed by atoms with E-state index in [9.17, 15) is 4.79 Å². The molecule has 0 bridgehead atoms. The van der Waals surface area contributed by atoms with Crippen molar-refractivity contribution in [1.82, 2.24) is 15.2 Å². The number of pyridine rings is 1. The van der Waals surface area contributed by atoms with Crippen LogP contribution in [-0.2, 0) is 0 Å². The Hall–Kier alpha value is -1.62. The summed E-state index contributed by atoms with van der Waals surface area (Å²) in [6, 6.07) is 5.00. The van der Waals surface area contributed by atoms with E-state index in [1.165, 1.54) is 0 Å². The van der Waals surface area contributed by atoms with Gasteiger partial charge in [-0.25, -0.2) is 4.98 Å². The summed E-state index contributed by atoms with van der Waals surface area (Å²) in [5, 5.41) is 2.76. The maximum absolute atomic E-state index is 11.5. The van der Waals surface area contributed by atoms with E-state index in [1.807, 2.05) is 19.0 Å². The van der Waals surface area contributed by atoms with Crippen molar-refractivity contribution in [3.8, 4) is 0 Å². The predicted octanol–water partition coefficient (Wildman–Crippen LogP) is -0.0448. The Bertz CT molecular complexity index is 338. The van der Waals surface area contributed by atoms with Gasteiger partial charge in [0.2, 0.25) is 0 Å². The van der Waals surface area contributed by atoms with Crippen LogP contribution < -0.4 is 11.1 Å². The number of amides is 1. The quantitative estimate of drug-likeness (QED) is 0.728. The summed E-state index contributed by atoms with van der Waals surface area (Å²) in [6.07, 6.45) is 0. The number of hydrogen-bond acceptors (Lipinski definition) is 4. The predicted molar refractivity (Wildman–Crippen MR) is 59.5 cm³/mol. The zero-order valence-electron chi connectivity index (χ0n) is 9.03. The molecule has 1 aromatic heterocycles. The average molecular weight is 208 g/mol. The van der Waals surface area contributed by atoms with Gasteiger partial charge in [0, 0.05) is 13.1 Å². The van der Waals surface area contributed by atoms with Gasteiger partial charge < -0.3 is 16.0 Å². The molecular weight excluding hydrogens is 192 g/mol. The lowest BCUT2D eigenvalue weighted by Gasteiger charge is -2.10. The average Bonchev–Trinajstić information content (AvgIpc) is 2.17. The molecule has 1 amide bonds. The van der Waals surface area contributed by atoms with Crippen LogP contribution >= 0.6 is 0 Å². The number of hydrogen-bond donors (Lipinski definition) is 2. The molecule has 0 aliphatic carbocycles. The van der Waals surface area contributed by atoms with Crippen molar-refractivity contribution in [3.05, 3.63) is 23.9 Å². The zero-order chi connectivity index (χ0) is 11.3. The highest BCUT2D eigenvalue weighted by atomic mass is 16.1. The molecule has 5 nitrogen and oxygen atoms in total. The monoisotopic (exact) mass is 208 g/mol. The minimum absolute atomic E-state index is 0.191. The van der Waals surface area contributed by atoms with Crippen molar-refractivity contribution < 1.29 is 4.79 Å². The summed E-state index contributed by atoms with van der Waals surface area (Å²) in [7, 11) is 3.90. The maximum atomic E-state index is 11.5. The lowest BCUT2D eigenvalue weighted by Crippen LogP contribution is -2.31. The number of nitrogens with two attached hydrogens (primary N) is 1. The van der Waals surface area contributed by atoms with Crippen LogP contribution in [-0.4, -0.2) is 43.0 Å². The fourth-order valence-electron chi connectivity index (χ4n) is 1.06. The van der Waals surface area contributed by atoms with Crippen molar-refractivity contribution in [2.75, 3.05) is 32.9 Å². The van der Waals surface area contributed by atoms with Gasteiger partial charge in [-0.3, -0.25) is 4.79 Å². The molecule has 0 atom stereocenters. The Morgan fingerprint density at radius 2 is 2.27 bits per heavy atom. The molecule has 0 spiro atoms. The van der Waals surface area contributed by atoms with Gasteiger partial charge >= 0.3 is 0 Å². The lowest BCUT2D eigenvalue weighted by atomic mass is 10.3. The molecule has 0 saturated heterocycles. The first-order valence-corrected chi connectivity index (χ1v) is 4.75. The van der Waals surface area contributed by atoms with Gasteiger partial charge in [-0.1, -0.05) is 6.07 Å². The third-order valence-corrected chi connectivity index (χ3v) is 1.85. The fourth-order valence-corrected chi connectivity index (χ4v) is 1.06. The van der Waals surface area contributed by atoms with Gasteiger partial charge in [0.1, 0.15) is 11.5 Å². The Balaban J connectivity index is 2.47. The van der Waals surface area contributed by atoms with Crippen LogP contribution in [0.25, 0.3) is 0 Å². The van der Waals surface area contributed by atoms with Gasteiger partial charge in [-0.15, -0.1) is 0 Å².